The van der Waals surface area contributed by atoms with E-state index in [-0.39, 0.29) is 30.7 Å². The largest absolute Gasteiger partial charge is 0.394 e. The number of carbonyl (C=O) groups excluding carboxylic acids is 1. The summed E-state index contributed by atoms with van der Waals surface area (Å²) in [4.78, 5) is 15.0. The van der Waals surface area contributed by atoms with E-state index in [2.05, 4.69) is 15.6 Å². The fourth-order valence-corrected chi connectivity index (χ4v) is 4.04. The lowest BCUT2D eigenvalue weighted by atomic mass is 9.74. The first-order valence-corrected chi connectivity index (χ1v) is 9.95. The molecule has 9 heteroatoms. The summed E-state index contributed by atoms with van der Waals surface area (Å²) in [5.41, 5.74) is 2.14. The van der Waals surface area contributed by atoms with Gasteiger partial charge >= 0.3 is 6.03 Å². The molecule has 6 nitrogen and oxygen atoms in total. The van der Waals surface area contributed by atoms with Gasteiger partial charge in [-0.1, -0.05) is 0 Å². The third-order valence-corrected chi connectivity index (χ3v) is 5.65. The number of aromatic nitrogens is 1. The molecule has 1 saturated carbocycles. The van der Waals surface area contributed by atoms with Crippen LogP contribution in [-0.2, 0) is 0 Å². The molecule has 0 atom stereocenters. The highest BCUT2D eigenvalue weighted by molar-refractivity contribution is 5.92. The molecule has 0 spiro atoms. The quantitative estimate of drug-likeness (QED) is 0.413. The van der Waals surface area contributed by atoms with E-state index < -0.39 is 29.5 Å². The summed E-state index contributed by atoms with van der Waals surface area (Å²) in [7, 11) is 0. The molecule has 164 valence electrons. The van der Waals surface area contributed by atoms with Crippen LogP contribution in [0.4, 0.5) is 18.0 Å². The van der Waals surface area contributed by atoms with Gasteiger partial charge in [0.1, 0.15) is 17.5 Å². The van der Waals surface area contributed by atoms with E-state index in [4.69, 9.17) is 10.2 Å². The summed E-state index contributed by atoms with van der Waals surface area (Å²) >= 11 is 0. The first-order valence-electron chi connectivity index (χ1n) is 9.95. The van der Waals surface area contributed by atoms with E-state index >= 15 is 0 Å². The van der Waals surface area contributed by atoms with Crippen LogP contribution < -0.4 is 10.6 Å². The van der Waals surface area contributed by atoms with Crippen molar-refractivity contribution < 1.29 is 28.2 Å². The molecule has 2 aromatic carbocycles. The zero-order valence-corrected chi connectivity index (χ0v) is 16.5. The number of aliphatic hydroxyl groups is 2. The Kier molecular flexibility index (Phi) is 5.88. The number of fused-ring (bicyclic) bond motifs is 1. The maximum absolute atomic E-state index is 14.4. The third kappa shape index (κ3) is 4.24. The first-order chi connectivity index (χ1) is 14.9. The normalized spacial score (nSPS) is 18.3. The van der Waals surface area contributed by atoms with Crippen LogP contribution in [0, 0.1) is 17.5 Å². The maximum Gasteiger partial charge on any atom is 0.315 e. The number of hydrogen-bond donors (Lipinski definition) is 5. The standard InChI is InChI=1S/C22H22F3N3O3/c23-13-3-1-11(2-4-13)20-19(17-7-14(24)8-18(25)21(17)28-20)12-5-15(6-12)26-22(31)27-16(9-29)10-30/h1-4,7-8,12,15-16,28-30H,5-6,9-10H2,(H2,26,27,31)/t12-,15-. The van der Waals surface area contributed by atoms with Crippen LogP contribution in [0.2, 0.25) is 0 Å². The van der Waals surface area contributed by atoms with E-state index in [0.717, 1.165) is 11.6 Å². The predicted octanol–water partition coefficient (Wildman–Crippen LogP) is 3.15. The molecule has 1 aliphatic carbocycles. The van der Waals surface area contributed by atoms with Crippen LogP contribution >= 0.6 is 0 Å². The maximum atomic E-state index is 14.4. The van der Waals surface area contributed by atoms with Crippen molar-refractivity contribution in [2.45, 2.75) is 30.8 Å². The molecule has 31 heavy (non-hydrogen) atoms. The fraction of sp³-hybridized carbons (Fsp3) is 0.318. The Labute approximate surface area is 176 Å². The van der Waals surface area contributed by atoms with Crippen LogP contribution in [0.5, 0.6) is 0 Å². The summed E-state index contributed by atoms with van der Waals surface area (Å²) in [6.07, 6.45) is 1.07. The number of benzene rings is 2. The molecule has 1 aliphatic rings. The van der Waals surface area contributed by atoms with E-state index in [1.807, 2.05) is 0 Å². The van der Waals surface area contributed by atoms with Crippen molar-refractivity contribution >= 4 is 16.9 Å². The second-order valence-corrected chi connectivity index (χ2v) is 7.78. The van der Waals surface area contributed by atoms with Gasteiger partial charge in [0, 0.05) is 17.5 Å². The lowest BCUT2D eigenvalue weighted by Crippen LogP contribution is -2.51. The number of H-pyrrole nitrogens is 1. The Balaban J connectivity index is 1.59. The van der Waals surface area contributed by atoms with Crippen molar-refractivity contribution in [1.82, 2.24) is 15.6 Å². The van der Waals surface area contributed by atoms with Gasteiger partial charge in [0.05, 0.1) is 30.5 Å². The highest BCUT2D eigenvalue weighted by atomic mass is 19.1. The minimum atomic E-state index is -0.750. The number of urea groups is 1. The Bertz CT molecular complexity index is 1090. The fourth-order valence-electron chi connectivity index (χ4n) is 4.04. The van der Waals surface area contributed by atoms with Crippen LogP contribution in [0.15, 0.2) is 36.4 Å². The summed E-state index contributed by atoms with van der Waals surface area (Å²) < 4.78 is 41.7. The second kappa shape index (κ2) is 8.60. The minimum Gasteiger partial charge on any atom is -0.394 e. The van der Waals surface area contributed by atoms with Crippen molar-refractivity contribution in [3.63, 3.8) is 0 Å². The average Bonchev–Trinajstić information content (AvgIpc) is 3.08. The molecular weight excluding hydrogens is 411 g/mol. The van der Waals surface area contributed by atoms with Gasteiger partial charge in [-0.3, -0.25) is 0 Å². The zero-order valence-electron chi connectivity index (χ0n) is 16.5. The number of rotatable bonds is 6. The predicted molar refractivity (Wildman–Crippen MR) is 109 cm³/mol. The Morgan fingerprint density at radius 1 is 1.06 bits per heavy atom. The number of halogens is 3. The molecule has 2 amide bonds. The third-order valence-electron chi connectivity index (χ3n) is 5.65. The molecule has 1 aromatic heterocycles. The monoisotopic (exact) mass is 433 g/mol. The molecular formula is C22H22F3N3O3. The van der Waals surface area contributed by atoms with Crippen molar-refractivity contribution in [3.05, 3.63) is 59.4 Å². The number of aliphatic hydroxyl groups excluding tert-OH is 2. The highest BCUT2D eigenvalue weighted by Crippen LogP contribution is 2.45. The van der Waals surface area contributed by atoms with Crippen molar-refractivity contribution in [2.24, 2.45) is 0 Å². The molecule has 0 aliphatic heterocycles. The van der Waals surface area contributed by atoms with E-state index in [9.17, 15) is 18.0 Å². The number of aromatic amines is 1. The van der Waals surface area contributed by atoms with Gasteiger partial charge in [-0.05, 0) is 60.2 Å². The van der Waals surface area contributed by atoms with E-state index in [1.165, 1.54) is 18.2 Å². The molecule has 0 bridgehead atoms. The van der Waals surface area contributed by atoms with Crippen molar-refractivity contribution in [2.75, 3.05) is 13.2 Å². The Morgan fingerprint density at radius 2 is 1.74 bits per heavy atom. The molecule has 4 rings (SSSR count). The molecule has 0 unspecified atom stereocenters. The van der Waals surface area contributed by atoms with Crippen LogP contribution in [-0.4, -0.2) is 46.5 Å². The van der Waals surface area contributed by atoms with Gasteiger partial charge < -0.3 is 25.8 Å². The highest BCUT2D eigenvalue weighted by Gasteiger charge is 2.35. The van der Waals surface area contributed by atoms with Crippen LogP contribution in [0.1, 0.15) is 24.3 Å². The molecule has 5 N–H and O–H groups in total. The first kappa shape index (κ1) is 21.2. The number of nitrogens with one attached hydrogen (secondary N) is 3. The minimum absolute atomic E-state index is 0.0771. The van der Waals surface area contributed by atoms with Crippen LogP contribution in [0.25, 0.3) is 22.2 Å². The number of carbonyl (C=O) groups is 1. The van der Waals surface area contributed by atoms with E-state index in [0.29, 0.717) is 29.5 Å². The van der Waals surface area contributed by atoms with Gasteiger partial charge in [-0.2, -0.15) is 0 Å². The number of amides is 2. The molecule has 1 heterocycles. The van der Waals surface area contributed by atoms with Gasteiger partial charge in [0.15, 0.2) is 0 Å². The Morgan fingerprint density at radius 3 is 2.39 bits per heavy atom. The van der Waals surface area contributed by atoms with Gasteiger partial charge in [-0.15, -0.1) is 0 Å². The van der Waals surface area contributed by atoms with Gasteiger partial charge in [0.2, 0.25) is 0 Å². The summed E-state index contributed by atoms with van der Waals surface area (Å²) in [6, 6.07) is 6.40. The average molecular weight is 433 g/mol. The molecule has 0 radical (unpaired) electrons. The lowest BCUT2D eigenvalue weighted by molar-refractivity contribution is 0.165. The molecule has 1 fully saturated rings. The number of hydrogen-bond acceptors (Lipinski definition) is 3. The molecule has 0 saturated heterocycles. The summed E-state index contributed by atoms with van der Waals surface area (Å²) in [5.74, 6) is -1.88. The topological polar surface area (TPSA) is 97.4 Å². The smallest absolute Gasteiger partial charge is 0.315 e. The van der Waals surface area contributed by atoms with E-state index in [1.54, 1.807) is 12.1 Å². The summed E-state index contributed by atoms with van der Waals surface area (Å²) in [6.45, 7) is -0.768. The zero-order chi connectivity index (χ0) is 22.1. The van der Waals surface area contributed by atoms with Crippen molar-refractivity contribution in [1.29, 1.82) is 0 Å². The SMILES string of the molecule is O=C(NC(CO)CO)N[C@H]1C[C@H](c2c(-c3ccc(F)cc3)[nH]c3c(F)cc(F)cc32)C1. The van der Waals surface area contributed by atoms with Gasteiger partial charge in [0.25, 0.3) is 0 Å². The van der Waals surface area contributed by atoms with Crippen LogP contribution in [0.3, 0.4) is 0 Å². The lowest BCUT2D eigenvalue weighted by Gasteiger charge is -2.36. The Hall–Kier alpha value is -3.04. The molecule has 3 aromatic rings. The van der Waals surface area contributed by atoms with Crippen molar-refractivity contribution in [3.8, 4) is 11.3 Å². The second-order valence-electron chi connectivity index (χ2n) is 7.78. The van der Waals surface area contributed by atoms with Gasteiger partial charge in [-0.25, -0.2) is 18.0 Å². The summed E-state index contributed by atoms with van der Waals surface area (Å²) in [5, 5.41) is 23.8.